The molecule has 1 aromatic carbocycles. The highest BCUT2D eigenvalue weighted by atomic mass is 32.2. The molecule has 0 spiro atoms. The van der Waals surface area contributed by atoms with Gasteiger partial charge in [0, 0.05) is 6.54 Å². The number of nitrogens with one attached hydrogen (secondary N) is 2. The Balaban J connectivity index is 2.08. The van der Waals surface area contributed by atoms with Gasteiger partial charge < -0.3 is 10.1 Å². The van der Waals surface area contributed by atoms with Crippen molar-refractivity contribution in [1.82, 2.24) is 10.0 Å². The molecule has 1 atom stereocenters. The van der Waals surface area contributed by atoms with Gasteiger partial charge in [0.2, 0.25) is 10.0 Å². The zero-order valence-electron chi connectivity index (χ0n) is 13.0. The Kier molecular flexibility index (Phi) is 6.09. The molecule has 0 aliphatic carbocycles. The van der Waals surface area contributed by atoms with Crippen LogP contribution in [0.1, 0.15) is 29.6 Å². The number of rotatable bonds is 6. The van der Waals surface area contributed by atoms with Crippen LogP contribution in [0, 0.1) is 11.7 Å². The molecule has 0 aromatic heterocycles. The van der Waals surface area contributed by atoms with Crippen molar-refractivity contribution in [1.29, 1.82) is 0 Å². The average Bonchev–Trinajstić information content (AvgIpc) is 2.54. The van der Waals surface area contributed by atoms with Gasteiger partial charge in [0.1, 0.15) is 5.82 Å². The number of halogens is 1. The number of sulfonamides is 1. The van der Waals surface area contributed by atoms with E-state index in [1.165, 1.54) is 0 Å². The first kappa shape index (κ1) is 17.8. The lowest BCUT2D eigenvalue weighted by Gasteiger charge is -2.22. The summed E-state index contributed by atoms with van der Waals surface area (Å²) in [7, 11) is -2.78. The fraction of sp³-hybridized carbons (Fsp3) is 0.533. The molecular formula is C15H21FN2O4S. The van der Waals surface area contributed by atoms with E-state index in [1.54, 1.807) is 0 Å². The third kappa shape index (κ3) is 4.73. The zero-order chi connectivity index (χ0) is 16.9. The Labute approximate surface area is 135 Å². The lowest BCUT2D eigenvalue weighted by molar-refractivity contribution is 0.0595. The van der Waals surface area contributed by atoms with Crippen molar-refractivity contribution in [2.45, 2.75) is 24.2 Å². The predicted molar refractivity (Wildman–Crippen MR) is 83.1 cm³/mol. The third-order valence-corrected chi connectivity index (χ3v) is 5.40. The Bertz CT molecular complexity index is 657. The number of hydrogen-bond acceptors (Lipinski definition) is 5. The Hall–Kier alpha value is -1.51. The van der Waals surface area contributed by atoms with Crippen LogP contribution in [-0.4, -0.2) is 41.1 Å². The van der Waals surface area contributed by atoms with Crippen molar-refractivity contribution >= 4 is 16.0 Å². The lowest BCUT2D eigenvalue weighted by Crippen LogP contribution is -2.33. The van der Waals surface area contributed by atoms with Gasteiger partial charge in [0.25, 0.3) is 0 Å². The van der Waals surface area contributed by atoms with Gasteiger partial charge in [-0.2, -0.15) is 0 Å². The smallest absolute Gasteiger partial charge is 0.339 e. The van der Waals surface area contributed by atoms with Crippen molar-refractivity contribution in [3.8, 4) is 0 Å². The molecule has 2 rings (SSSR count). The number of hydrogen-bond donors (Lipinski definition) is 2. The van der Waals surface area contributed by atoms with Gasteiger partial charge in [0.05, 0.1) is 17.6 Å². The number of carbonyl (C=O) groups excluding carboxylic acids is 1. The van der Waals surface area contributed by atoms with Crippen LogP contribution in [-0.2, 0) is 14.8 Å². The fourth-order valence-electron chi connectivity index (χ4n) is 2.65. The summed E-state index contributed by atoms with van der Waals surface area (Å²) in [4.78, 5) is 11.4. The summed E-state index contributed by atoms with van der Waals surface area (Å²) in [6, 6.07) is 2.95. The van der Waals surface area contributed by atoms with Crippen molar-refractivity contribution in [2.24, 2.45) is 5.92 Å². The van der Waals surface area contributed by atoms with Crippen LogP contribution in [0.15, 0.2) is 23.1 Å². The SMILES string of the molecule is COC(=O)c1cc(F)ccc1S(=O)(=O)NCCC1CCCNC1. The summed E-state index contributed by atoms with van der Waals surface area (Å²) in [5.74, 6) is -1.15. The third-order valence-electron chi connectivity index (χ3n) is 3.88. The second kappa shape index (κ2) is 7.85. The number of piperidine rings is 1. The predicted octanol–water partition coefficient (Wildman–Crippen LogP) is 1.28. The molecule has 23 heavy (non-hydrogen) atoms. The van der Waals surface area contributed by atoms with E-state index in [0.29, 0.717) is 12.3 Å². The van der Waals surface area contributed by atoms with Crippen LogP contribution in [0.2, 0.25) is 0 Å². The fourth-order valence-corrected chi connectivity index (χ4v) is 3.87. The molecule has 0 amide bonds. The molecule has 0 bridgehead atoms. The van der Waals surface area contributed by atoms with Gasteiger partial charge >= 0.3 is 5.97 Å². The molecule has 6 nitrogen and oxygen atoms in total. The lowest BCUT2D eigenvalue weighted by atomic mass is 9.96. The maximum absolute atomic E-state index is 13.3. The maximum Gasteiger partial charge on any atom is 0.339 e. The number of esters is 1. The number of carbonyl (C=O) groups is 1. The summed E-state index contributed by atoms with van der Waals surface area (Å²) in [6.07, 6.45) is 2.86. The molecule has 1 fully saturated rings. The summed E-state index contributed by atoms with van der Waals surface area (Å²) in [6.45, 7) is 2.15. The van der Waals surface area contributed by atoms with Gasteiger partial charge in [-0.15, -0.1) is 0 Å². The monoisotopic (exact) mass is 344 g/mol. The molecule has 0 radical (unpaired) electrons. The van der Waals surface area contributed by atoms with E-state index < -0.39 is 21.8 Å². The summed E-state index contributed by atoms with van der Waals surface area (Å²) >= 11 is 0. The van der Waals surface area contributed by atoms with Crippen molar-refractivity contribution in [2.75, 3.05) is 26.7 Å². The van der Waals surface area contributed by atoms with Crippen LogP contribution in [0.4, 0.5) is 4.39 Å². The van der Waals surface area contributed by atoms with Gasteiger partial charge in [-0.05, 0) is 56.5 Å². The van der Waals surface area contributed by atoms with E-state index in [4.69, 9.17) is 0 Å². The van der Waals surface area contributed by atoms with E-state index in [2.05, 4.69) is 14.8 Å². The highest BCUT2D eigenvalue weighted by molar-refractivity contribution is 7.89. The molecule has 0 saturated carbocycles. The van der Waals surface area contributed by atoms with Crippen LogP contribution in [0.25, 0.3) is 0 Å². The second-order valence-electron chi connectivity index (χ2n) is 5.53. The topological polar surface area (TPSA) is 84.5 Å². The summed E-state index contributed by atoms with van der Waals surface area (Å²) < 4.78 is 45.0. The van der Waals surface area contributed by atoms with E-state index in [0.717, 1.165) is 51.2 Å². The van der Waals surface area contributed by atoms with Crippen molar-refractivity contribution in [3.05, 3.63) is 29.6 Å². The number of ether oxygens (including phenoxy) is 1. The van der Waals surface area contributed by atoms with Gasteiger partial charge in [0.15, 0.2) is 0 Å². The van der Waals surface area contributed by atoms with Crippen molar-refractivity contribution < 1.29 is 22.3 Å². The Morgan fingerprint density at radius 1 is 1.48 bits per heavy atom. The van der Waals surface area contributed by atoms with Gasteiger partial charge in [-0.25, -0.2) is 22.3 Å². The van der Waals surface area contributed by atoms with E-state index in [-0.39, 0.29) is 17.0 Å². The molecule has 8 heteroatoms. The quantitative estimate of drug-likeness (QED) is 0.760. The van der Waals surface area contributed by atoms with Crippen LogP contribution < -0.4 is 10.0 Å². The minimum Gasteiger partial charge on any atom is -0.465 e. The molecular weight excluding hydrogens is 323 g/mol. The summed E-state index contributed by atoms with van der Waals surface area (Å²) in [5, 5.41) is 3.27. The van der Waals surface area contributed by atoms with E-state index >= 15 is 0 Å². The molecule has 1 saturated heterocycles. The number of benzene rings is 1. The molecule has 1 aliphatic heterocycles. The normalized spacial score (nSPS) is 18.6. The highest BCUT2D eigenvalue weighted by Gasteiger charge is 2.24. The largest absolute Gasteiger partial charge is 0.465 e. The maximum atomic E-state index is 13.3. The van der Waals surface area contributed by atoms with E-state index in [9.17, 15) is 17.6 Å². The first-order chi connectivity index (χ1) is 10.9. The Morgan fingerprint density at radius 3 is 2.91 bits per heavy atom. The standard InChI is InChI=1S/C15H21FN2O4S/c1-22-15(19)13-9-12(16)4-5-14(13)23(20,21)18-8-6-11-3-2-7-17-10-11/h4-5,9,11,17-18H,2-3,6-8,10H2,1H3. The van der Waals surface area contributed by atoms with Crippen LogP contribution >= 0.6 is 0 Å². The minimum atomic E-state index is -3.90. The van der Waals surface area contributed by atoms with Crippen LogP contribution in [0.3, 0.4) is 0 Å². The first-order valence-electron chi connectivity index (χ1n) is 7.52. The molecule has 1 aliphatic rings. The highest BCUT2D eigenvalue weighted by Crippen LogP contribution is 2.19. The van der Waals surface area contributed by atoms with Gasteiger partial charge in [-0.1, -0.05) is 0 Å². The number of methoxy groups -OCH3 is 1. The van der Waals surface area contributed by atoms with Crippen LogP contribution in [0.5, 0.6) is 0 Å². The first-order valence-corrected chi connectivity index (χ1v) is 9.00. The van der Waals surface area contributed by atoms with Gasteiger partial charge in [-0.3, -0.25) is 0 Å². The summed E-state index contributed by atoms with van der Waals surface area (Å²) in [5.41, 5.74) is -0.306. The molecule has 1 heterocycles. The minimum absolute atomic E-state index is 0.271. The molecule has 1 aromatic rings. The molecule has 1 unspecified atom stereocenters. The van der Waals surface area contributed by atoms with Crippen molar-refractivity contribution in [3.63, 3.8) is 0 Å². The molecule has 2 N–H and O–H groups in total. The average molecular weight is 344 g/mol. The Morgan fingerprint density at radius 2 is 2.26 bits per heavy atom. The second-order valence-corrected chi connectivity index (χ2v) is 7.27. The molecule has 128 valence electrons. The van der Waals surface area contributed by atoms with E-state index in [1.807, 2.05) is 0 Å². The zero-order valence-corrected chi connectivity index (χ0v) is 13.8.